The van der Waals surface area contributed by atoms with Crippen molar-refractivity contribution < 1.29 is 0 Å². The van der Waals surface area contributed by atoms with Crippen molar-refractivity contribution in [2.24, 2.45) is 0 Å². The van der Waals surface area contributed by atoms with Gasteiger partial charge in [0.05, 0.1) is 33.0 Å². The summed E-state index contributed by atoms with van der Waals surface area (Å²) in [5.74, 6) is 0.743. The predicted octanol–water partition coefficient (Wildman–Crippen LogP) is 14.3. The van der Waals surface area contributed by atoms with Crippen LogP contribution in [0.25, 0.3) is 67.3 Å². The van der Waals surface area contributed by atoms with Crippen molar-refractivity contribution in [3.63, 3.8) is 0 Å². The van der Waals surface area contributed by atoms with Gasteiger partial charge in [0.2, 0.25) is 0 Å². The molecule has 0 amide bonds. The first-order valence-electron chi connectivity index (χ1n) is 22.1. The molecular weight excluding hydrogens is 793 g/mol. The van der Waals surface area contributed by atoms with Gasteiger partial charge in [-0.25, -0.2) is 9.97 Å². The van der Waals surface area contributed by atoms with Crippen LogP contribution in [0.15, 0.2) is 206 Å². The number of hydrogen-bond donors (Lipinski definition) is 0. The van der Waals surface area contributed by atoms with Crippen LogP contribution < -0.4 is 10.4 Å². The molecule has 0 N–H and O–H groups in total. The van der Waals surface area contributed by atoms with Crippen LogP contribution in [-0.4, -0.2) is 26.1 Å². The Hall–Kier alpha value is -6.73. The lowest BCUT2D eigenvalue weighted by Crippen LogP contribution is -2.37. The van der Waals surface area contributed by atoms with Gasteiger partial charge in [-0.3, -0.25) is 0 Å². The second kappa shape index (κ2) is 15.9. The highest BCUT2D eigenvalue weighted by atomic mass is 28.3. The van der Waals surface area contributed by atoms with Gasteiger partial charge in [0.25, 0.3) is 0 Å². The van der Waals surface area contributed by atoms with Crippen molar-refractivity contribution in [2.45, 2.75) is 44.7 Å². The lowest BCUT2D eigenvalue weighted by molar-refractivity contribution is 0.769. The molecule has 8 aromatic carbocycles. The van der Waals surface area contributed by atoms with Crippen molar-refractivity contribution >= 4 is 26.5 Å². The zero-order valence-corrected chi connectivity index (χ0v) is 39.0. The van der Waals surface area contributed by atoms with Crippen LogP contribution in [0.5, 0.6) is 0 Å². The van der Waals surface area contributed by atoms with Crippen molar-refractivity contribution in [3.05, 3.63) is 229 Å². The quantitative estimate of drug-likeness (QED) is 0.135. The topological polar surface area (TPSA) is 25.8 Å². The van der Waals surface area contributed by atoms with Crippen molar-refractivity contribution in [3.8, 4) is 67.3 Å². The molecule has 0 unspecified atom stereocenters. The zero-order valence-electron chi connectivity index (χ0n) is 37.0. The Balaban J connectivity index is 1.06. The summed E-state index contributed by atoms with van der Waals surface area (Å²) in [6.07, 6.45) is 0. The Morgan fingerprint density at radius 3 is 1.30 bits per heavy atom. The number of rotatable bonds is 9. The maximum atomic E-state index is 5.27. The highest BCUT2D eigenvalue weighted by Crippen LogP contribution is 2.56. The molecule has 10 rings (SSSR count). The minimum atomic E-state index is -1.46. The third kappa shape index (κ3) is 7.43. The van der Waals surface area contributed by atoms with Gasteiger partial charge < -0.3 is 0 Å². The van der Waals surface area contributed by atoms with Gasteiger partial charge in [-0.1, -0.05) is 232 Å². The molecule has 0 radical (unpaired) electrons. The fourth-order valence-corrected chi connectivity index (χ4v) is 11.8. The summed E-state index contributed by atoms with van der Waals surface area (Å²) >= 11 is 0. The van der Waals surface area contributed by atoms with E-state index in [4.69, 9.17) is 9.97 Å². The number of hydrogen-bond acceptors (Lipinski definition) is 2. The number of fused-ring (bicyclic) bond motifs is 3. The molecule has 1 aliphatic carbocycles. The minimum Gasteiger partial charge on any atom is -0.228 e. The van der Waals surface area contributed by atoms with Crippen LogP contribution in [0.1, 0.15) is 22.3 Å². The second-order valence-corrected chi connectivity index (χ2v) is 29.2. The lowest BCUT2D eigenvalue weighted by atomic mass is 9.67. The molecule has 1 aliphatic rings. The smallest absolute Gasteiger partial charge is 0.160 e. The predicted molar refractivity (Wildman–Crippen MR) is 272 cm³/mol. The molecule has 2 nitrogen and oxygen atoms in total. The molecule has 9 aromatic rings. The Kier molecular flexibility index (Phi) is 10.2. The summed E-state index contributed by atoms with van der Waals surface area (Å²) in [6.45, 7) is 14.3. The van der Waals surface area contributed by atoms with Crippen LogP contribution in [0.2, 0.25) is 39.3 Å². The van der Waals surface area contributed by atoms with E-state index in [2.05, 4.69) is 246 Å². The van der Waals surface area contributed by atoms with E-state index in [1.807, 2.05) is 0 Å². The first-order valence-corrected chi connectivity index (χ1v) is 29.1. The maximum absolute atomic E-state index is 5.27. The molecule has 0 aliphatic heterocycles. The zero-order chi connectivity index (χ0) is 43.3. The molecule has 0 bridgehead atoms. The molecule has 0 fully saturated rings. The van der Waals surface area contributed by atoms with E-state index < -0.39 is 21.6 Å². The summed E-state index contributed by atoms with van der Waals surface area (Å²) in [7, 11) is -2.91. The van der Waals surface area contributed by atoms with Gasteiger partial charge in [-0.2, -0.15) is 0 Å². The number of aromatic nitrogens is 2. The van der Waals surface area contributed by atoms with E-state index in [0.29, 0.717) is 0 Å². The SMILES string of the molecule is C[Si](C)(C)c1ccc(-c2cc(-c3cccc(-c4cccc(-c5ccc6c(c5)C(c5ccccc5)(c5ccccc5)c5ccccc5-6)c4)c3)nc(-c3ccc([Si](C)(C)C)cc3)n2)cc1. The first-order chi connectivity index (χ1) is 30.5. The van der Waals surface area contributed by atoms with Gasteiger partial charge in [-0.05, 0) is 79.9 Å². The molecule has 0 saturated carbocycles. The van der Waals surface area contributed by atoms with Gasteiger partial charge in [0.15, 0.2) is 5.82 Å². The van der Waals surface area contributed by atoms with Crippen LogP contribution in [0.3, 0.4) is 0 Å². The van der Waals surface area contributed by atoms with E-state index in [1.54, 1.807) is 0 Å². The molecule has 0 atom stereocenters. The van der Waals surface area contributed by atoms with Gasteiger partial charge in [0.1, 0.15) is 0 Å². The molecule has 63 heavy (non-hydrogen) atoms. The third-order valence-electron chi connectivity index (χ3n) is 12.9. The standard InChI is InChI=1S/C59H52N2Si2/c1-62(2,3)50-32-27-41(28-33-50)56-40-57(61-58(60-56)42-29-34-51(35-30-42)63(4,5)6)47-20-16-19-45(38-47)43-17-15-18-44(37-43)46-31-36-53-52-25-13-14-26-54(52)59(55(53)39-46,48-21-9-7-10-22-48)49-23-11-8-12-24-49/h7-40H,1-6H3. The molecule has 4 heteroatoms. The van der Waals surface area contributed by atoms with Crippen molar-refractivity contribution in [2.75, 3.05) is 0 Å². The largest absolute Gasteiger partial charge is 0.228 e. The Bertz CT molecular complexity index is 2990. The highest BCUT2D eigenvalue weighted by molar-refractivity contribution is 6.89. The fraction of sp³-hybridized carbons (Fsp3) is 0.119. The van der Waals surface area contributed by atoms with Crippen LogP contribution in [0.4, 0.5) is 0 Å². The van der Waals surface area contributed by atoms with Gasteiger partial charge >= 0.3 is 0 Å². The summed E-state index contributed by atoms with van der Waals surface area (Å²) in [6, 6.07) is 76.1. The third-order valence-corrected chi connectivity index (χ3v) is 17.1. The molecule has 306 valence electrons. The Morgan fingerprint density at radius 2 is 0.746 bits per heavy atom. The molecular formula is C59H52N2Si2. The second-order valence-electron chi connectivity index (χ2n) is 19.1. The van der Waals surface area contributed by atoms with Crippen molar-refractivity contribution in [1.29, 1.82) is 0 Å². The Morgan fingerprint density at radius 1 is 0.317 bits per heavy atom. The van der Waals surface area contributed by atoms with Crippen molar-refractivity contribution in [1.82, 2.24) is 9.97 Å². The van der Waals surface area contributed by atoms with E-state index in [-0.39, 0.29) is 0 Å². The number of nitrogens with zero attached hydrogens (tertiary/aromatic N) is 2. The summed E-state index contributed by atoms with van der Waals surface area (Å²) in [5, 5.41) is 2.87. The molecule has 1 aromatic heterocycles. The summed E-state index contributed by atoms with van der Waals surface area (Å²) in [5.41, 5.74) is 17.0. The molecule has 1 heterocycles. The summed E-state index contributed by atoms with van der Waals surface area (Å²) in [4.78, 5) is 10.5. The van der Waals surface area contributed by atoms with E-state index in [9.17, 15) is 0 Å². The Labute approximate surface area is 375 Å². The van der Waals surface area contributed by atoms with Crippen LogP contribution in [-0.2, 0) is 5.41 Å². The van der Waals surface area contributed by atoms with Crippen LogP contribution in [0, 0.1) is 0 Å². The van der Waals surface area contributed by atoms with Gasteiger partial charge in [-0.15, -0.1) is 0 Å². The average Bonchev–Trinajstić information content (AvgIpc) is 3.62. The van der Waals surface area contributed by atoms with Crippen LogP contribution >= 0.6 is 0 Å². The van der Waals surface area contributed by atoms with E-state index in [1.165, 1.54) is 54.9 Å². The first kappa shape index (κ1) is 40.4. The monoisotopic (exact) mass is 844 g/mol. The fourth-order valence-electron chi connectivity index (χ4n) is 9.49. The molecule has 0 spiro atoms. The van der Waals surface area contributed by atoms with Gasteiger partial charge in [0, 0.05) is 16.7 Å². The average molecular weight is 845 g/mol. The van der Waals surface area contributed by atoms with E-state index >= 15 is 0 Å². The molecule has 0 saturated heterocycles. The highest BCUT2D eigenvalue weighted by Gasteiger charge is 2.46. The van der Waals surface area contributed by atoms with E-state index in [0.717, 1.165) is 45.0 Å². The summed E-state index contributed by atoms with van der Waals surface area (Å²) < 4.78 is 0. The maximum Gasteiger partial charge on any atom is 0.160 e. The lowest BCUT2D eigenvalue weighted by Gasteiger charge is -2.34. The normalized spacial score (nSPS) is 13.0. The number of benzene rings is 8. The minimum absolute atomic E-state index is 0.446.